The molecule has 2 bridgehead atoms. The highest BCUT2D eigenvalue weighted by Gasteiger charge is 2.34. The summed E-state index contributed by atoms with van der Waals surface area (Å²) in [4.78, 5) is 67.6. The second-order valence-electron chi connectivity index (χ2n) is 15.0. The number of hydrogen-bond acceptors (Lipinski definition) is 11. The van der Waals surface area contributed by atoms with E-state index in [1.165, 1.54) is 26.4 Å². The van der Waals surface area contributed by atoms with E-state index < -0.39 is 53.9 Å². The van der Waals surface area contributed by atoms with Gasteiger partial charge in [-0.05, 0) is 80.7 Å². The number of amides is 3. The number of nitrogens with two attached hydrogens (primary N) is 1. The molecule has 1 aliphatic carbocycles. The summed E-state index contributed by atoms with van der Waals surface area (Å²) in [5, 5.41) is 26.8. The number of Topliss-reactive ketones (excluding diaryl/α,β-unsaturated/α-hetero) is 1. The van der Waals surface area contributed by atoms with Crippen molar-refractivity contribution in [3.05, 3.63) is 94.4 Å². The first-order chi connectivity index (χ1) is 27.1. The Kier molecular flexibility index (Phi) is 16.2. The number of benzene rings is 1. The number of nitrogens with one attached hydrogen (secondary N) is 2. The lowest BCUT2D eigenvalue weighted by molar-refractivity contribution is -0.127. The van der Waals surface area contributed by atoms with Gasteiger partial charge in [0.05, 0.1) is 23.6 Å². The summed E-state index contributed by atoms with van der Waals surface area (Å²) in [5.41, 5.74) is 7.22. The molecule has 57 heavy (non-hydrogen) atoms. The molecule has 1 saturated heterocycles. The number of likely N-dealkylation sites (tertiary alicyclic amines) is 1. The monoisotopic (exact) mass is 788 g/mol. The first-order valence-electron chi connectivity index (χ1n) is 19.2. The highest BCUT2D eigenvalue weighted by atomic mass is 16.6. The smallest absolute Gasteiger partial charge is 0.405 e. The highest BCUT2D eigenvalue weighted by molar-refractivity contribution is 6.23. The summed E-state index contributed by atoms with van der Waals surface area (Å²) < 4.78 is 16.8. The number of allylic oxidation sites excluding steroid dienone is 4. The molecule has 0 unspecified atom stereocenters. The number of aliphatic hydroxyl groups is 1. The van der Waals surface area contributed by atoms with E-state index in [1.54, 1.807) is 74.2 Å². The first kappa shape index (κ1) is 44.4. The standard InChI is InChI=1S/C43H56N4O10/c1-25-20-32-38(45-24-30-16-18-47(19-17-30)37(50)15-12-29-10-13-31(48)14-11-29)34(49)23-33(40(32)52)46-42(53)26(2)8-7-9-35(55-5)41(57-43(44)54)28(4)22-27(3)39(51)36(21-25)56-6/h7-15,22-23,25,27,30,35-36,39,41,45,48,51H,16-21,24H2,1-6H3,(H2,44,54)(H,46,53)/b9-7-,15-12+,26-8+,28-22+/t25-,27+,35+,36+,39-,41+/m1/s1. The van der Waals surface area contributed by atoms with Crippen molar-refractivity contribution in [1.82, 2.24) is 15.5 Å². The van der Waals surface area contributed by atoms with Crippen LogP contribution in [-0.2, 0) is 33.4 Å². The van der Waals surface area contributed by atoms with E-state index in [4.69, 9.17) is 19.9 Å². The van der Waals surface area contributed by atoms with Crippen LogP contribution in [0.3, 0.4) is 0 Å². The SMILES string of the molecule is CO[C@H]1/C=C\C=C(/C)C(=O)NC2=CC(=O)C(NCC3CCN(C(=O)/C=C/c4ccc(O)cc4)CC3)=C(C[C@@H](C)C[C@H](OC)[C@H](O)[C@@H](C)/C=C(\C)[C@@H]1OC(N)=O)C2=O. The van der Waals surface area contributed by atoms with Crippen LogP contribution < -0.4 is 16.4 Å². The molecule has 1 aromatic carbocycles. The Balaban J connectivity index is 1.56. The molecule has 0 spiro atoms. The number of hydrogen-bond donors (Lipinski definition) is 5. The molecule has 14 heteroatoms. The fourth-order valence-corrected chi connectivity index (χ4v) is 7.24. The molecule has 0 aromatic heterocycles. The van der Waals surface area contributed by atoms with Gasteiger partial charge in [0.15, 0.2) is 6.10 Å². The quantitative estimate of drug-likeness (QED) is 0.145. The van der Waals surface area contributed by atoms with Gasteiger partial charge in [-0.25, -0.2) is 4.79 Å². The van der Waals surface area contributed by atoms with Crippen LogP contribution in [-0.4, -0.2) is 103 Å². The van der Waals surface area contributed by atoms with E-state index in [9.17, 15) is 34.2 Å². The zero-order valence-corrected chi connectivity index (χ0v) is 33.5. The zero-order valence-electron chi connectivity index (χ0n) is 33.5. The van der Waals surface area contributed by atoms with Crippen molar-refractivity contribution in [3.8, 4) is 5.75 Å². The number of rotatable bonds is 8. The van der Waals surface area contributed by atoms with Crippen LogP contribution in [0.5, 0.6) is 5.75 Å². The molecule has 2 aliphatic heterocycles. The lowest BCUT2D eigenvalue weighted by Crippen LogP contribution is -2.41. The number of ether oxygens (including phenoxy) is 3. The number of phenolic OH excluding ortho intramolecular Hbond substituents is 1. The maximum absolute atomic E-state index is 14.1. The molecule has 308 valence electrons. The molecule has 6 N–H and O–H groups in total. The maximum Gasteiger partial charge on any atom is 0.405 e. The summed E-state index contributed by atoms with van der Waals surface area (Å²) in [5.74, 6) is -2.13. The van der Waals surface area contributed by atoms with Gasteiger partial charge in [0.25, 0.3) is 5.91 Å². The number of carbonyl (C=O) groups excluding carboxylic acids is 5. The summed E-state index contributed by atoms with van der Waals surface area (Å²) in [6.45, 7) is 8.43. The number of methoxy groups -OCH3 is 2. The molecule has 1 aromatic rings. The Morgan fingerprint density at radius 2 is 1.74 bits per heavy atom. The van der Waals surface area contributed by atoms with Gasteiger partial charge in [-0.3, -0.25) is 19.2 Å². The highest BCUT2D eigenvalue weighted by Crippen LogP contribution is 2.29. The molecule has 3 aliphatic rings. The van der Waals surface area contributed by atoms with E-state index >= 15 is 0 Å². The number of aromatic hydroxyl groups is 1. The summed E-state index contributed by atoms with van der Waals surface area (Å²) in [7, 11) is 2.92. The largest absolute Gasteiger partial charge is 0.508 e. The Hall–Kier alpha value is -5.31. The Morgan fingerprint density at radius 1 is 1.05 bits per heavy atom. The molecule has 14 nitrogen and oxygen atoms in total. The molecular formula is C43H56N4O10. The third-order valence-electron chi connectivity index (χ3n) is 10.6. The van der Waals surface area contributed by atoms with Crippen molar-refractivity contribution in [2.75, 3.05) is 33.9 Å². The lowest BCUT2D eigenvalue weighted by atomic mass is 9.85. The lowest BCUT2D eigenvalue weighted by Gasteiger charge is -2.32. The van der Waals surface area contributed by atoms with Gasteiger partial charge >= 0.3 is 6.09 Å². The van der Waals surface area contributed by atoms with E-state index in [0.717, 1.165) is 11.6 Å². The number of nitrogens with zero attached hydrogens (tertiary/aromatic N) is 1. The molecule has 6 atom stereocenters. The van der Waals surface area contributed by atoms with E-state index in [-0.39, 0.29) is 52.5 Å². The number of aliphatic hydroxyl groups excluding tert-OH is 1. The van der Waals surface area contributed by atoms with Crippen LogP contribution in [0.1, 0.15) is 58.9 Å². The van der Waals surface area contributed by atoms with Gasteiger partial charge in [-0.1, -0.05) is 50.3 Å². The first-order valence-corrected chi connectivity index (χ1v) is 19.2. The Bertz CT molecular complexity index is 1840. The summed E-state index contributed by atoms with van der Waals surface area (Å²) in [6.07, 6.45) is 8.15. The Labute approximate surface area is 334 Å². The summed E-state index contributed by atoms with van der Waals surface area (Å²) >= 11 is 0. The molecule has 4 rings (SSSR count). The van der Waals surface area contributed by atoms with Gasteiger partial charge in [-0.2, -0.15) is 0 Å². The predicted molar refractivity (Wildman–Crippen MR) is 214 cm³/mol. The number of piperidine rings is 1. The molecule has 0 radical (unpaired) electrons. The zero-order chi connectivity index (χ0) is 41.8. The van der Waals surface area contributed by atoms with Gasteiger partial charge in [-0.15, -0.1) is 0 Å². The second-order valence-corrected chi connectivity index (χ2v) is 15.0. The number of fused-ring (bicyclic) bond motifs is 2. The fourth-order valence-electron chi connectivity index (χ4n) is 7.24. The van der Waals surface area contributed by atoms with Crippen molar-refractivity contribution in [3.63, 3.8) is 0 Å². The molecular weight excluding hydrogens is 732 g/mol. The van der Waals surface area contributed by atoms with Gasteiger partial charge in [0.2, 0.25) is 17.5 Å². The molecule has 3 amide bonds. The van der Waals surface area contributed by atoms with Gasteiger partial charge < -0.3 is 45.7 Å². The number of ketones is 2. The van der Waals surface area contributed by atoms with Gasteiger partial charge in [0.1, 0.15) is 11.9 Å². The molecule has 2 heterocycles. The van der Waals surface area contributed by atoms with E-state index in [2.05, 4.69) is 10.6 Å². The fraction of sp³-hybridized carbons (Fsp3) is 0.465. The molecule has 0 saturated carbocycles. The molecule has 1 fully saturated rings. The number of carbonyl (C=O) groups is 5. The van der Waals surface area contributed by atoms with E-state index in [0.29, 0.717) is 44.5 Å². The predicted octanol–water partition coefficient (Wildman–Crippen LogP) is 4.01. The normalized spacial score (nSPS) is 28.5. The maximum atomic E-state index is 14.1. The van der Waals surface area contributed by atoms with Crippen molar-refractivity contribution >= 4 is 35.6 Å². The van der Waals surface area contributed by atoms with Crippen LogP contribution in [0.25, 0.3) is 6.08 Å². The van der Waals surface area contributed by atoms with Crippen LogP contribution >= 0.6 is 0 Å². The van der Waals surface area contributed by atoms with Crippen LogP contribution in [0, 0.1) is 17.8 Å². The second kappa shape index (κ2) is 20.7. The topological polar surface area (TPSA) is 207 Å². The number of primary amides is 1. The van der Waals surface area contributed by atoms with Crippen molar-refractivity contribution in [2.24, 2.45) is 23.5 Å². The third kappa shape index (κ3) is 12.3. The van der Waals surface area contributed by atoms with Crippen molar-refractivity contribution < 1.29 is 48.4 Å². The Morgan fingerprint density at radius 3 is 2.37 bits per heavy atom. The third-order valence-corrected chi connectivity index (χ3v) is 10.6. The minimum Gasteiger partial charge on any atom is -0.508 e. The van der Waals surface area contributed by atoms with Gasteiger partial charge in [0, 0.05) is 63.1 Å². The van der Waals surface area contributed by atoms with Crippen LogP contribution in [0.15, 0.2) is 88.8 Å². The van der Waals surface area contributed by atoms with Crippen molar-refractivity contribution in [2.45, 2.75) is 77.8 Å². The van der Waals surface area contributed by atoms with Crippen molar-refractivity contribution in [1.29, 1.82) is 0 Å². The minimum absolute atomic E-state index is 0.115. The average Bonchev–Trinajstić information content (AvgIpc) is 3.18. The van der Waals surface area contributed by atoms with Crippen LogP contribution in [0.4, 0.5) is 4.79 Å². The van der Waals surface area contributed by atoms with Crippen LogP contribution in [0.2, 0.25) is 0 Å². The number of phenols is 1. The minimum atomic E-state index is -1.01. The average molecular weight is 789 g/mol. The summed E-state index contributed by atoms with van der Waals surface area (Å²) in [6, 6.07) is 6.56. The van der Waals surface area contributed by atoms with E-state index in [1.807, 2.05) is 6.92 Å².